The van der Waals surface area contributed by atoms with Gasteiger partial charge in [0.1, 0.15) is 0 Å². The van der Waals surface area contributed by atoms with Gasteiger partial charge in [-0.3, -0.25) is 0 Å². The number of anilines is 2. The summed E-state index contributed by atoms with van der Waals surface area (Å²) in [6.45, 7) is 6.33. The van der Waals surface area contributed by atoms with E-state index < -0.39 is 0 Å². The van der Waals surface area contributed by atoms with Gasteiger partial charge in [-0.1, -0.05) is 20.8 Å². The molecule has 0 aliphatic heterocycles. The van der Waals surface area contributed by atoms with Gasteiger partial charge in [0.15, 0.2) is 11.5 Å². The Balaban J connectivity index is 2.37. The molecule has 1 aromatic heterocycles. The van der Waals surface area contributed by atoms with E-state index in [4.69, 9.17) is 14.2 Å². The van der Waals surface area contributed by atoms with E-state index in [-0.39, 0.29) is 5.41 Å². The lowest BCUT2D eigenvalue weighted by Gasteiger charge is -2.18. The van der Waals surface area contributed by atoms with Crippen molar-refractivity contribution < 1.29 is 14.2 Å². The predicted octanol–water partition coefficient (Wildman–Crippen LogP) is 3.54. The molecule has 6 nitrogen and oxygen atoms in total. The first-order chi connectivity index (χ1) is 10.9. The minimum absolute atomic E-state index is 0.0470. The smallest absolute Gasteiger partial charge is 0.227 e. The lowest BCUT2D eigenvalue weighted by molar-refractivity contribution is 0.324. The van der Waals surface area contributed by atoms with Gasteiger partial charge >= 0.3 is 0 Å². The number of hydrogen-bond donors (Lipinski definition) is 1. The number of rotatable bonds is 5. The molecule has 124 valence electrons. The summed E-state index contributed by atoms with van der Waals surface area (Å²) in [4.78, 5) is 8.82. The first-order valence-corrected chi connectivity index (χ1v) is 7.29. The van der Waals surface area contributed by atoms with Crippen molar-refractivity contribution in [1.82, 2.24) is 9.97 Å². The van der Waals surface area contributed by atoms with E-state index in [1.54, 1.807) is 27.5 Å². The summed E-state index contributed by atoms with van der Waals surface area (Å²) in [5.41, 5.74) is 1.67. The van der Waals surface area contributed by atoms with E-state index in [9.17, 15) is 0 Å². The highest BCUT2D eigenvalue weighted by Gasteiger charge is 2.17. The molecule has 0 aliphatic carbocycles. The molecular formula is C17H23N3O3. The lowest BCUT2D eigenvalue weighted by atomic mass is 9.92. The number of nitrogens with one attached hydrogen (secondary N) is 1. The Morgan fingerprint density at radius 2 is 1.57 bits per heavy atom. The van der Waals surface area contributed by atoms with Crippen molar-refractivity contribution in [3.05, 3.63) is 30.1 Å². The molecule has 0 fully saturated rings. The fraction of sp³-hybridized carbons (Fsp3) is 0.412. The third-order valence-electron chi connectivity index (χ3n) is 3.34. The number of hydrogen-bond acceptors (Lipinski definition) is 6. The van der Waals surface area contributed by atoms with Gasteiger partial charge in [0, 0.05) is 29.4 Å². The maximum Gasteiger partial charge on any atom is 0.227 e. The number of ether oxygens (including phenoxy) is 3. The second-order valence-corrected chi connectivity index (χ2v) is 6.05. The average molecular weight is 317 g/mol. The molecule has 0 atom stereocenters. The molecule has 23 heavy (non-hydrogen) atoms. The van der Waals surface area contributed by atoms with Gasteiger partial charge in [0.2, 0.25) is 11.7 Å². The molecule has 0 saturated carbocycles. The standard InChI is InChI=1S/C17H23N3O3/c1-17(2,3)14-7-8-18-16(20-14)19-11-9-12(21-4)15(23-6)13(10-11)22-5/h7-10H,1-6H3,(H,18,19,20). The normalized spacial score (nSPS) is 11.0. The van der Waals surface area contributed by atoms with Crippen LogP contribution in [0.5, 0.6) is 17.2 Å². The fourth-order valence-electron chi connectivity index (χ4n) is 2.12. The van der Waals surface area contributed by atoms with Gasteiger partial charge in [-0.15, -0.1) is 0 Å². The number of benzene rings is 1. The predicted molar refractivity (Wildman–Crippen MR) is 90.1 cm³/mol. The Morgan fingerprint density at radius 3 is 2.04 bits per heavy atom. The average Bonchev–Trinajstić information content (AvgIpc) is 2.53. The summed E-state index contributed by atoms with van der Waals surface area (Å²) in [5, 5.41) is 3.18. The van der Waals surface area contributed by atoms with Crippen LogP contribution in [-0.2, 0) is 5.41 Å². The molecule has 0 spiro atoms. The van der Waals surface area contributed by atoms with Gasteiger partial charge in [-0.25, -0.2) is 9.97 Å². The molecule has 2 rings (SSSR count). The summed E-state index contributed by atoms with van der Waals surface area (Å²) >= 11 is 0. The van der Waals surface area contributed by atoms with Gasteiger partial charge < -0.3 is 19.5 Å². The van der Waals surface area contributed by atoms with Crippen LogP contribution in [0.1, 0.15) is 26.5 Å². The highest BCUT2D eigenvalue weighted by Crippen LogP contribution is 2.40. The highest BCUT2D eigenvalue weighted by molar-refractivity contribution is 5.65. The van der Waals surface area contributed by atoms with Crippen molar-refractivity contribution in [2.45, 2.75) is 26.2 Å². The fourth-order valence-corrected chi connectivity index (χ4v) is 2.12. The molecule has 0 unspecified atom stereocenters. The minimum atomic E-state index is -0.0470. The van der Waals surface area contributed by atoms with Crippen molar-refractivity contribution in [3.63, 3.8) is 0 Å². The molecule has 0 aliphatic rings. The molecule has 6 heteroatoms. The van der Waals surface area contributed by atoms with Crippen LogP contribution in [0.3, 0.4) is 0 Å². The highest BCUT2D eigenvalue weighted by atomic mass is 16.5. The number of methoxy groups -OCH3 is 3. The second-order valence-electron chi connectivity index (χ2n) is 6.05. The number of nitrogens with zero attached hydrogens (tertiary/aromatic N) is 2. The molecule has 2 aromatic rings. The molecule has 0 radical (unpaired) electrons. The quantitative estimate of drug-likeness (QED) is 0.910. The van der Waals surface area contributed by atoms with Gasteiger partial charge in [-0.05, 0) is 6.07 Å². The van der Waals surface area contributed by atoms with E-state index in [0.717, 1.165) is 11.4 Å². The van der Waals surface area contributed by atoms with E-state index in [2.05, 4.69) is 36.1 Å². The van der Waals surface area contributed by atoms with Crippen molar-refractivity contribution >= 4 is 11.6 Å². The molecule has 0 amide bonds. The van der Waals surface area contributed by atoms with Crippen LogP contribution in [0.2, 0.25) is 0 Å². The van der Waals surface area contributed by atoms with Crippen molar-refractivity contribution in [2.24, 2.45) is 0 Å². The number of aromatic nitrogens is 2. The van der Waals surface area contributed by atoms with E-state index in [1.807, 2.05) is 18.2 Å². The second kappa shape index (κ2) is 6.73. The summed E-state index contributed by atoms with van der Waals surface area (Å²) in [6.07, 6.45) is 1.74. The molecule has 1 heterocycles. The van der Waals surface area contributed by atoms with Crippen LogP contribution in [-0.4, -0.2) is 31.3 Å². The van der Waals surface area contributed by atoms with Crippen LogP contribution < -0.4 is 19.5 Å². The maximum absolute atomic E-state index is 5.35. The zero-order chi connectivity index (χ0) is 17.0. The zero-order valence-corrected chi connectivity index (χ0v) is 14.4. The summed E-state index contributed by atoms with van der Waals surface area (Å²) in [5.74, 6) is 2.21. The molecule has 0 bridgehead atoms. The largest absolute Gasteiger partial charge is 0.493 e. The van der Waals surface area contributed by atoms with Crippen molar-refractivity contribution in [3.8, 4) is 17.2 Å². The Bertz CT molecular complexity index is 656. The van der Waals surface area contributed by atoms with Crippen molar-refractivity contribution in [1.29, 1.82) is 0 Å². The monoisotopic (exact) mass is 317 g/mol. The summed E-state index contributed by atoms with van der Waals surface area (Å²) in [7, 11) is 4.74. The third kappa shape index (κ3) is 3.83. The van der Waals surface area contributed by atoms with Crippen LogP contribution >= 0.6 is 0 Å². The van der Waals surface area contributed by atoms with Gasteiger partial charge in [0.25, 0.3) is 0 Å². The lowest BCUT2D eigenvalue weighted by Crippen LogP contribution is -2.14. The van der Waals surface area contributed by atoms with Crippen LogP contribution in [0.4, 0.5) is 11.6 Å². The Morgan fingerprint density at radius 1 is 0.957 bits per heavy atom. The SMILES string of the molecule is COc1cc(Nc2nccc(C(C)(C)C)n2)cc(OC)c1OC. The summed E-state index contributed by atoms with van der Waals surface area (Å²) < 4.78 is 16.0. The Hall–Kier alpha value is -2.50. The third-order valence-corrected chi connectivity index (χ3v) is 3.34. The first kappa shape index (κ1) is 16.9. The van der Waals surface area contributed by atoms with Gasteiger partial charge in [-0.2, -0.15) is 0 Å². The summed E-state index contributed by atoms with van der Waals surface area (Å²) in [6, 6.07) is 5.54. The topological polar surface area (TPSA) is 65.5 Å². The minimum Gasteiger partial charge on any atom is -0.493 e. The first-order valence-electron chi connectivity index (χ1n) is 7.29. The zero-order valence-electron chi connectivity index (χ0n) is 14.4. The Labute approximate surface area is 136 Å². The van der Waals surface area contributed by atoms with Crippen LogP contribution in [0.25, 0.3) is 0 Å². The van der Waals surface area contributed by atoms with Gasteiger partial charge in [0.05, 0.1) is 27.0 Å². The van der Waals surface area contributed by atoms with Crippen LogP contribution in [0, 0.1) is 0 Å². The Kier molecular flexibility index (Phi) is 4.93. The van der Waals surface area contributed by atoms with Crippen LogP contribution in [0.15, 0.2) is 24.4 Å². The molecular weight excluding hydrogens is 294 g/mol. The van der Waals surface area contributed by atoms with Crippen molar-refractivity contribution in [2.75, 3.05) is 26.6 Å². The van der Waals surface area contributed by atoms with E-state index in [1.165, 1.54) is 0 Å². The van der Waals surface area contributed by atoms with E-state index in [0.29, 0.717) is 23.2 Å². The molecule has 0 saturated heterocycles. The molecule has 1 N–H and O–H groups in total. The van der Waals surface area contributed by atoms with E-state index >= 15 is 0 Å². The molecule has 1 aromatic carbocycles. The maximum atomic E-state index is 5.35.